The minimum Gasteiger partial charge on any atom is -0.393 e. The van der Waals surface area contributed by atoms with E-state index in [0.29, 0.717) is 11.9 Å². The van der Waals surface area contributed by atoms with Gasteiger partial charge in [-0.15, -0.1) is 0 Å². The van der Waals surface area contributed by atoms with Crippen LogP contribution in [-0.4, -0.2) is 41.8 Å². The highest BCUT2D eigenvalue weighted by Gasteiger charge is 2.28. The molecule has 1 aliphatic carbocycles. The van der Waals surface area contributed by atoms with Gasteiger partial charge in [-0.25, -0.2) is 4.98 Å². The second-order valence-electron chi connectivity index (χ2n) is 4.36. The van der Waals surface area contributed by atoms with E-state index in [1.165, 1.54) is 0 Å². The van der Waals surface area contributed by atoms with Gasteiger partial charge in [0.05, 0.1) is 6.10 Å². The average molecular weight is 222 g/mol. The Morgan fingerprint density at radius 3 is 2.94 bits per heavy atom. The van der Waals surface area contributed by atoms with Gasteiger partial charge in [-0.1, -0.05) is 0 Å². The van der Waals surface area contributed by atoms with Crippen LogP contribution in [-0.2, 0) is 0 Å². The zero-order valence-corrected chi connectivity index (χ0v) is 9.72. The standard InChI is InChI=1S/C11H18N4O/c1-12-11-13-4-3-10(14-11)15(2)7-8-5-9(16)6-8/h3-4,8-9,16H,5-7H2,1-2H3,(H,12,13,14). The molecule has 2 rings (SSSR count). The molecule has 1 aliphatic rings. The Balaban J connectivity index is 1.94. The molecule has 0 aliphatic heterocycles. The van der Waals surface area contributed by atoms with Crippen LogP contribution in [0.3, 0.4) is 0 Å². The van der Waals surface area contributed by atoms with Gasteiger partial charge in [0.15, 0.2) is 0 Å². The van der Waals surface area contributed by atoms with Gasteiger partial charge in [0.2, 0.25) is 5.95 Å². The Morgan fingerprint density at radius 1 is 1.56 bits per heavy atom. The highest BCUT2D eigenvalue weighted by molar-refractivity contribution is 5.41. The summed E-state index contributed by atoms with van der Waals surface area (Å²) in [6, 6.07) is 1.90. The summed E-state index contributed by atoms with van der Waals surface area (Å²) in [4.78, 5) is 10.5. The van der Waals surface area contributed by atoms with Crippen LogP contribution in [0.5, 0.6) is 0 Å². The molecule has 0 amide bonds. The Kier molecular flexibility index (Phi) is 3.24. The van der Waals surface area contributed by atoms with Crippen molar-refractivity contribution in [1.29, 1.82) is 0 Å². The molecule has 1 saturated carbocycles. The fraction of sp³-hybridized carbons (Fsp3) is 0.636. The van der Waals surface area contributed by atoms with E-state index in [2.05, 4.69) is 20.2 Å². The monoisotopic (exact) mass is 222 g/mol. The number of nitrogens with zero attached hydrogens (tertiary/aromatic N) is 3. The first kappa shape index (κ1) is 11.1. The molecule has 1 aromatic heterocycles. The summed E-state index contributed by atoms with van der Waals surface area (Å²) < 4.78 is 0. The number of aromatic nitrogens is 2. The number of aliphatic hydroxyl groups is 1. The molecule has 2 N–H and O–H groups in total. The largest absolute Gasteiger partial charge is 0.393 e. The van der Waals surface area contributed by atoms with Crippen molar-refractivity contribution >= 4 is 11.8 Å². The lowest BCUT2D eigenvalue weighted by Crippen LogP contribution is -2.37. The van der Waals surface area contributed by atoms with E-state index in [4.69, 9.17) is 0 Å². The van der Waals surface area contributed by atoms with Crippen molar-refractivity contribution in [3.63, 3.8) is 0 Å². The van der Waals surface area contributed by atoms with Crippen LogP contribution in [0, 0.1) is 5.92 Å². The fourth-order valence-electron chi connectivity index (χ4n) is 2.01. The second kappa shape index (κ2) is 4.65. The molecule has 5 heteroatoms. The molecule has 1 heterocycles. The molecular formula is C11H18N4O. The highest BCUT2D eigenvalue weighted by atomic mass is 16.3. The number of aliphatic hydroxyl groups excluding tert-OH is 1. The molecule has 0 saturated heterocycles. The summed E-state index contributed by atoms with van der Waals surface area (Å²) in [5.74, 6) is 2.15. The van der Waals surface area contributed by atoms with Crippen molar-refractivity contribution in [2.75, 3.05) is 30.9 Å². The molecule has 16 heavy (non-hydrogen) atoms. The molecule has 5 nitrogen and oxygen atoms in total. The zero-order valence-electron chi connectivity index (χ0n) is 9.72. The van der Waals surface area contributed by atoms with Crippen molar-refractivity contribution in [3.8, 4) is 0 Å². The van der Waals surface area contributed by atoms with Gasteiger partial charge in [0.25, 0.3) is 0 Å². The van der Waals surface area contributed by atoms with Crippen LogP contribution < -0.4 is 10.2 Å². The summed E-state index contributed by atoms with van der Waals surface area (Å²) in [5.41, 5.74) is 0. The number of anilines is 2. The number of nitrogens with one attached hydrogen (secondary N) is 1. The van der Waals surface area contributed by atoms with Crippen LogP contribution in [0.25, 0.3) is 0 Å². The maximum Gasteiger partial charge on any atom is 0.224 e. The molecule has 0 bridgehead atoms. The Labute approximate surface area is 95.5 Å². The summed E-state index contributed by atoms with van der Waals surface area (Å²) in [7, 11) is 3.83. The first-order chi connectivity index (χ1) is 7.69. The van der Waals surface area contributed by atoms with E-state index in [0.717, 1.165) is 25.2 Å². The molecule has 0 radical (unpaired) electrons. The van der Waals surface area contributed by atoms with Gasteiger partial charge < -0.3 is 15.3 Å². The third kappa shape index (κ3) is 2.41. The van der Waals surface area contributed by atoms with E-state index in [1.807, 2.05) is 13.1 Å². The average Bonchev–Trinajstić information content (AvgIpc) is 2.27. The van der Waals surface area contributed by atoms with Gasteiger partial charge >= 0.3 is 0 Å². The van der Waals surface area contributed by atoms with Crippen molar-refractivity contribution in [1.82, 2.24) is 9.97 Å². The third-order valence-electron chi connectivity index (χ3n) is 3.00. The SMILES string of the molecule is CNc1nccc(N(C)CC2CC(O)C2)n1. The zero-order chi connectivity index (χ0) is 11.5. The number of hydrogen-bond acceptors (Lipinski definition) is 5. The Morgan fingerprint density at radius 2 is 2.31 bits per heavy atom. The topological polar surface area (TPSA) is 61.3 Å². The normalized spacial score (nSPS) is 23.7. The molecule has 0 spiro atoms. The number of hydrogen-bond donors (Lipinski definition) is 2. The minimum atomic E-state index is -0.0864. The molecule has 88 valence electrons. The first-order valence-corrected chi connectivity index (χ1v) is 5.59. The third-order valence-corrected chi connectivity index (χ3v) is 3.00. The summed E-state index contributed by atoms with van der Waals surface area (Å²) in [6.45, 7) is 0.942. The van der Waals surface area contributed by atoms with Crippen molar-refractivity contribution in [3.05, 3.63) is 12.3 Å². The number of rotatable bonds is 4. The quantitative estimate of drug-likeness (QED) is 0.786. The summed E-state index contributed by atoms with van der Waals surface area (Å²) in [6.07, 6.45) is 3.49. The molecule has 0 atom stereocenters. The predicted octanol–water partition coefficient (Wildman–Crippen LogP) is 0.725. The molecule has 1 fully saturated rings. The fourth-order valence-corrected chi connectivity index (χ4v) is 2.01. The van der Waals surface area contributed by atoms with Crippen LogP contribution in [0.2, 0.25) is 0 Å². The van der Waals surface area contributed by atoms with E-state index in [9.17, 15) is 5.11 Å². The summed E-state index contributed by atoms with van der Waals surface area (Å²) in [5, 5.41) is 12.2. The van der Waals surface area contributed by atoms with Gasteiger partial charge in [0.1, 0.15) is 5.82 Å². The van der Waals surface area contributed by atoms with Gasteiger partial charge in [-0.05, 0) is 24.8 Å². The molecule has 0 aromatic carbocycles. The maximum absolute atomic E-state index is 9.23. The lowest BCUT2D eigenvalue weighted by molar-refractivity contribution is 0.0464. The van der Waals surface area contributed by atoms with E-state index in [1.54, 1.807) is 13.2 Å². The van der Waals surface area contributed by atoms with Crippen LogP contribution in [0.1, 0.15) is 12.8 Å². The van der Waals surface area contributed by atoms with Crippen molar-refractivity contribution in [2.45, 2.75) is 18.9 Å². The van der Waals surface area contributed by atoms with Crippen molar-refractivity contribution in [2.24, 2.45) is 5.92 Å². The van der Waals surface area contributed by atoms with Crippen molar-refractivity contribution < 1.29 is 5.11 Å². The van der Waals surface area contributed by atoms with Crippen LogP contribution >= 0.6 is 0 Å². The maximum atomic E-state index is 9.23. The molecule has 1 aromatic rings. The van der Waals surface area contributed by atoms with Crippen LogP contribution in [0.4, 0.5) is 11.8 Å². The second-order valence-corrected chi connectivity index (χ2v) is 4.36. The smallest absolute Gasteiger partial charge is 0.224 e. The van der Waals surface area contributed by atoms with E-state index >= 15 is 0 Å². The van der Waals surface area contributed by atoms with Crippen LogP contribution in [0.15, 0.2) is 12.3 Å². The van der Waals surface area contributed by atoms with Gasteiger partial charge in [-0.2, -0.15) is 4.98 Å². The first-order valence-electron chi connectivity index (χ1n) is 5.59. The lowest BCUT2D eigenvalue weighted by atomic mass is 9.82. The summed E-state index contributed by atoms with van der Waals surface area (Å²) >= 11 is 0. The Bertz CT molecular complexity index is 352. The van der Waals surface area contributed by atoms with E-state index in [-0.39, 0.29) is 6.10 Å². The lowest BCUT2D eigenvalue weighted by Gasteiger charge is -2.34. The minimum absolute atomic E-state index is 0.0864. The Hall–Kier alpha value is -1.36. The highest BCUT2D eigenvalue weighted by Crippen LogP contribution is 2.28. The predicted molar refractivity (Wildman–Crippen MR) is 63.6 cm³/mol. The molecular weight excluding hydrogens is 204 g/mol. The van der Waals surface area contributed by atoms with Gasteiger partial charge in [-0.3, -0.25) is 0 Å². The van der Waals surface area contributed by atoms with E-state index < -0.39 is 0 Å². The van der Waals surface area contributed by atoms with Gasteiger partial charge in [0, 0.05) is 26.8 Å². The molecule has 0 unspecified atom stereocenters.